The molecule has 0 radical (unpaired) electrons. The van der Waals surface area contributed by atoms with Gasteiger partial charge in [0.15, 0.2) is 5.78 Å². The molecule has 0 saturated heterocycles. The van der Waals surface area contributed by atoms with E-state index >= 15 is 0 Å². The molecule has 30 heavy (non-hydrogen) atoms. The third-order valence-electron chi connectivity index (χ3n) is 5.21. The first kappa shape index (κ1) is 20.4. The van der Waals surface area contributed by atoms with E-state index in [9.17, 15) is 13.2 Å². The Bertz CT molecular complexity index is 1260. The van der Waals surface area contributed by atoms with Gasteiger partial charge in [0, 0.05) is 16.2 Å². The van der Waals surface area contributed by atoms with Crippen molar-refractivity contribution in [1.29, 1.82) is 0 Å². The SMILES string of the molecule is Cc1ccc(S(=O)(=O)N2c3ccccc3C=C(C(=O)c3cccc(Cl)c3)C2C)cc1. The number of nitrogens with zero attached hydrogens (tertiary/aromatic N) is 1. The zero-order chi connectivity index (χ0) is 21.5. The summed E-state index contributed by atoms with van der Waals surface area (Å²) in [5.41, 5.74) is 3.02. The minimum atomic E-state index is -3.88. The molecule has 0 N–H and O–H groups in total. The Balaban J connectivity index is 1.86. The minimum absolute atomic E-state index is 0.186. The van der Waals surface area contributed by atoms with E-state index in [1.807, 2.05) is 19.1 Å². The molecule has 1 aliphatic rings. The number of halogens is 1. The molecule has 0 aromatic heterocycles. The van der Waals surface area contributed by atoms with E-state index in [1.54, 1.807) is 73.7 Å². The van der Waals surface area contributed by atoms with Gasteiger partial charge < -0.3 is 0 Å². The molecule has 3 aromatic rings. The Kier molecular flexibility index (Phi) is 5.26. The number of aryl methyl sites for hydroxylation is 1. The number of para-hydroxylation sites is 1. The molecule has 1 unspecified atom stereocenters. The Hall–Kier alpha value is -2.89. The predicted molar refractivity (Wildman–Crippen MR) is 121 cm³/mol. The average molecular weight is 438 g/mol. The van der Waals surface area contributed by atoms with Crippen LogP contribution < -0.4 is 4.31 Å². The zero-order valence-corrected chi connectivity index (χ0v) is 18.1. The van der Waals surface area contributed by atoms with Crippen LogP contribution >= 0.6 is 11.6 Å². The molecule has 0 fully saturated rings. The third kappa shape index (κ3) is 3.55. The summed E-state index contributed by atoms with van der Waals surface area (Å²) in [5, 5.41) is 0.453. The minimum Gasteiger partial charge on any atom is -0.289 e. The van der Waals surface area contributed by atoms with Crippen LogP contribution in [0.4, 0.5) is 5.69 Å². The van der Waals surface area contributed by atoms with Crippen molar-refractivity contribution in [3.8, 4) is 0 Å². The first-order valence-corrected chi connectivity index (χ1v) is 11.3. The van der Waals surface area contributed by atoms with E-state index in [1.165, 1.54) is 4.31 Å². The fraction of sp³-hybridized carbons (Fsp3) is 0.125. The Morgan fingerprint density at radius 2 is 1.67 bits per heavy atom. The van der Waals surface area contributed by atoms with Crippen molar-refractivity contribution < 1.29 is 13.2 Å². The van der Waals surface area contributed by atoms with Gasteiger partial charge in [-0.1, -0.05) is 59.6 Å². The number of ketones is 1. The van der Waals surface area contributed by atoms with Gasteiger partial charge in [0.05, 0.1) is 16.6 Å². The number of hydrogen-bond donors (Lipinski definition) is 0. The molecule has 6 heteroatoms. The van der Waals surface area contributed by atoms with Gasteiger partial charge in [-0.2, -0.15) is 0 Å². The molecule has 0 saturated carbocycles. The Labute approximate surface area is 181 Å². The van der Waals surface area contributed by atoms with E-state index in [0.29, 0.717) is 27.4 Å². The van der Waals surface area contributed by atoms with Crippen LogP contribution in [0.2, 0.25) is 5.02 Å². The molecule has 0 aliphatic carbocycles. The van der Waals surface area contributed by atoms with Crippen molar-refractivity contribution in [3.05, 3.63) is 100 Å². The summed E-state index contributed by atoms with van der Waals surface area (Å²) in [6, 6.07) is 19.9. The number of hydrogen-bond acceptors (Lipinski definition) is 3. The smallest absolute Gasteiger partial charge is 0.264 e. The highest BCUT2D eigenvalue weighted by Gasteiger charge is 2.37. The quantitative estimate of drug-likeness (QED) is 0.505. The lowest BCUT2D eigenvalue weighted by Gasteiger charge is -2.36. The average Bonchev–Trinajstić information content (AvgIpc) is 2.73. The molecule has 4 nitrogen and oxygen atoms in total. The van der Waals surface area contributed by atoms with Crippen LogP contribution in [0.15, 0.2) is 83.3 Å². The van der Waals surface area contributed by atoms with Crippen molar-refractivity contribution in [2.75, 3.05) is 4.31 Å². The Morgan fingerprint density at radius 3 is 2.37 bits per heavy atom. The molecule has 1 aliphatic heterocycles. The van der Waals surface area contributed by atoms with Crippen LogP contribution in [0.3, 0.4) is 0 Å². The van der Waals surface area contributed by atoms with Crippen molar-refractivity contribution in [3.63, 3.8) is 0 Å². The normalized spacial score (nSPS) is 16.0. The van der Waals surface area contributed by atoms with Gasteiger partial charge in [0.2, 0.25) is 0 Å². The topological polar surface area (TPSA) is 54.5 Å². The van der Waals surface area contributed by atoms with Crippen LogP contribution in [0.25, 0.3) is 6.08 Å². The molecule has 1 atom stereocenters. The highest BCUT2D eigenvalue weighted by Crippen LogP contribution is 2.38. The summed E-state index contributed by atoms with van der Waals surface area (Å²) < 4.78 is 28.5. The molecule has 0 bridgehead atoms. The lowest BCUT2D eigenvalue weighted by atomic mass is 9.92. The van der Waals surface area contributed by atoms with Crippen LogP contribution in [-0.2, 0) is 10.0 Å². The lowest BCUT2D eigenvalue weighted by molar-refractivity contribution is 0.103. The fourth-order valence-corrected chi connectivity index (χ4v) is 5.50. The second-order valence-corrected chi connectivity index (χ2v) is 9.54. The zero-order valence-electron chi connectivity index (χ0n) is 16.5. The summed E-state index contributed by atoms with van der Waals surface area (Å²) in [6.07, 6.45) is 1.77. The molecular formula is C24H20ClNO3S. The van der Waals surface area contributed by atoms with Crippen LogP contribution in [0.1, 0.15) is 28.4 Å². The number of anilines is 1. The van der Waals surface area contributed by atoms with Crippen molar-refractivity contribution in [2.45, 2.75) is 24.8 Å². The molecule has 1 heterocycles. The van der Waals surface area contributed by atoms with Gasteiger partial charge in [-0.15, -0.1) is 0 Å². The number of sulfonamides is 1. The highest BCUT2D eigenvalue weighted by molar-refractivity contribution is 7.92. The van der Waals surface area contributed by atoms with E-state index in [0.717, 1.165) is 5.56 Å². The summed E-state index contributed by atoms with van der Waals surface area (Å²) in [7, 11) is -3.88. The van der Waals surface area contributed by atoms with Crippen LogP contribution in [0.5, 0.6) is 0 Å². The second kappa shape index (κ2) is 7.74. The molecule has 0 spiro atoms. The van der Waals surface area contributed by atoms with Gasteiger partial charge in [0.25, 0.3) is 10.0 Å². The standard InChI is InChI=1S/C24H20ClNO3S/c1-16-10-12-21(13-11-16)30(28,29)26-17(2)22(15-18-6-3-4-9-23(18)26)24(27)19-7-5-8-20(25)14-19/h3-15,17H,1-2H3. The number of Topliss-reactive ketones (excluding diaryl/α,β-unsaturated/α-hetero) is 1. The van der Waals surface area contributed by atoms with Crippen LogP contribution in [-0.4, -0.2) is 20.2 Å². The van der Waals surface area contributed by atoms with Gasteiger partial charge in [-0.25, -0.2) is 8.42 Å². The number of benzene rings is 3. The van der Waals surface area contributed by atoms with E-state index in [4.69, 9.17) is 11.6 Å². The monoisotopic (exact) mass is 437 g/mol. The summed E-state index contributed by atoms with van der Waals surface area (Å²) in [6.45, 7) is 3.63. The van der Waals surface area contributed by atoms with Gasteiger partial charge in [-0.3, -0.25) is 9.10 Å². The second-order valence-electron chi connectivity index (χ2n) is 7.29. The number of rotatable bonds is 4. The van der Waals surface area contributed by atoms with Crippen molar-refractivity contribution in [2.24, 2.45) is 0 Å². The van der Waals surface area contributed by atoms with Gasteiger partial charge in [-0.05, 0) is 55.8 Å². The third-order valence-corrected chi connectivity index (χ3v) is 7.35. The first-order valence-electron chi connectivity index (χ1n) is 9.51. The molecule has 4 rings (SSSR count). The summed E-state index contributed by atoms with van der Waals surface area (Å²) in [4.78, 5) is 13.5. The molecule has 152 valence electrons. The summed E-state index contributed by atoms with van der Waals surface area (Å²) in [5.74, 6) is -0.247. The fourth-order valence-electron chi connectivity index (χ4n) is 3.65. The van der Waals surface area contributed by atoms with E-state index in [-0.39, 0.29) is 10.7 Å². The molecule has 3 aromatic carbocycles. The number of fused-ring (bicyclic) bond motifs is 1. The van der Waals surface area contributed by atoms with Crippen molar-refractivity contribution in [1.82, 2.24) is 0 Å². The maximum Gasteiger partial charge on any atom is 0.264 e. The van der Waals surface area contributed by atoms with E-state index < -0.39 is 16.1 Å². The van der Waals surface area contributed by atoms with E-state index in [2.05, 4.69) is 0 Å². The maximum absolute atomic E-state index is 13.6. The lowest BCUT2D eigenvalue weighted by Crippen LogP contribution is -2.43. The first-order chi connectivity index (χ1) is 14.3. The highest BCUT2D eigenvalue weighted by atomic mass is 35.5. The molecule has 0 amide bonds. The summed E-state index contributed by atoms with van der Waals surface area (Å²) >= 11 is 6.06. The van der Waals surface area contributed by atoms with Crippen molar-refractivity contribution >= 4 is 39.2 Å². The largest absolute Gasteiger partial charge is 0.289 e. The Morgan fingerprint density at radius 1 is 0.967 bits per heavy atom. The number of carbonyl (C=O) groups is 1. The van der Waals surface area contributed by atoms with Gasteiger partial charge >= 0.3 is 0 Å². The molecular weight excluding hydrogens is 418 g/mol. The van der Waals surface area contributed by atoms with Gasteiger partial charge in [0.1, 0.15) is 0 Å². The number of carbonyl (C=O) groups excluding carboxylic acids is 1. The van der Waals surface area contributed by atoms with Crippen LogP contribution in [0, 0.1) is 6.92 Å². The predicted octanol–water partition coefficient (Wildman–Crippen LogP) is 5.51. The maximum atomic E-state index is 13.6.